The average molecular weight is 413 g/mol. The molecule has 5 rings (SSSR count). The van der Waals surface area contributed by atoms with Gasteiger partial charge in [-0.15, -0.1) is 0 Å². The van der Waals surface area contributed by atoms with Gasteiger partial charge in [-0.05, 0) is 30.3 Å². The number of piperazine rings is 1. The number of nitrogens with zero attached hydrogens (tertiary/aromatic N) is 3. The monoisotopic (exact) mass is 412 g/mol. The maximum absolute atomic E-state index is 13.4. The molecule has 1 saturated heterocycles. The van der Waals surface area contributed by atoms with Gasteiger partial charge in [0.25, 0.3) is 10.0 Å². The van der Waals surface area contributed by atoms with Crippen molar-refractivity contribution in [2.75, 3.05) is 56.2 Å². The van der Waals surface area contributed by atoms with Crippen molar-refractivity contribution in [3.8, 4) is 5.75 Å². The van der Waals surface area contributed by atoms with Gasteiger partial charge in [0.05, 0.1) is 22.6 Å². The fraction of sp³-hybridized carbons (Fsp3) is 0.333. The van der Waals surface area contributed by atoms with Gasteiger partial charge < -0.3 is 19.9 Å². The molecule has 0 amide bonds. The van der Waals surface area contributed by atoms with Crippen LogP contribution in [0.25, 0.3) is 10.9 Å². The molecular weight excluding hydrogens is 388 g/mol. The number of ether oxygens (including phenoxy) is 1. The second-order valence-electron chi connectivity index (χ2n) is 7.50. The van der Waals surface area contributed by atoms with Gasteiger partial charge in [0, 0.05) is 56.6 Å². The first kappa shape index (κ1) is 18.3. The normalized spacial score (nSPS) is 17.3. The summed E-state index contributed by atoms with van der Waals surface area (Å²) >= 11 is 0. The number of hydrogen-bond acceptors (Lipinski definition) is 6. The topological polar surface area (TPSA) is 66.8 Å². The van der Waals surface area contributed by atoms with E-state index in [4.69, 9.17) is 4.74 Å². The molecule has 3 aromatic rings. The molecule has 8 heteroatoms. The van der Waals surface area contributed by atoms with E-state index in [1.165, 1.54) is 3.97 Å². The van der Waals surface area contributed by atoms with E-state index in [1.807, 2.05) is 31.3 Å². The van der Waals surface area contributed by atoms with Crippen LogP contribution in [-0.2, 0) is 10.0 Å². The number of aromatic nitrogens is 1. The molecule has 0 saturated carbocycles. The summed E-state index contributed by atoms with van der Waals surface area (Å²) in [7, 11) is -1.75. The van der Waals surface area contributed by atoms with Crippen molar-refractivity contribution in [1.82, 2.24) is 9.29 Å². The highest BCUT2D eigenvalue weighted by Gasteiger charge is 2.23. The zero-order valence-corrected chi connectivity index (χ0v) is 17.2. The molecular formula is C21H24N4O3S. The molecule has 0 spiro atoms. The Morgan fingerprint density at radius 3 is 2.66 bits per heavy atom. The van der Waals surface area contributed by atoms with Crippen LogP contribution in [0.2, 0.25) is 0 Å². The third-order valence-corrected chi connectivity index (χ3v) is 7.39. The first-order chi connectivity index (χ1) is 14.0. The first-order valence-electron chi connectivity index (χ1n) is 9.84. The van der Waals surface area contributed by atoms with E-state index in [2.05, 4.69) is 21.2 Å². The van der Waals surface area contributed by atoms with Gasteiger partial charge in [-0.2, -0.15) is 0 Å². The van der Waals surface area contributed by atoms with Crippen LogP contribution in [-0.4, -0.2) is 58.8 Å². The van der Waals surface area contributed by atoms with Crippen molar-refractivity contribution >= 4 is 32.3 Å². The number of fused-ring (bicyclic) bond motifs is 2. The Morgan fingerprint density at radius 1 is 1.00 bits per heavy atom. The van der Waals surface area contributed by atoms with Gasteiger partial charge in [0.1, 0.15) is 12.4 Å². The van der Waals surface area contributed by atoms with E-state index in [9.17, 15) is 8.42 Å². The predicted molar refractivity (Wildman–Crippen MR) is 115 cm³/mol. The molecule has 29 heavy (non-hydrogen) atoms. The smallest absolute Gasteiger partial charge is 0.268 e. The second-order valence-corrected chi connectivity index (χ2v) is 9.31. The van der Waals surface area contributed by atoms with Crippen LogP contribution in [0.15, 0.2) is 53.6 Å². The van der Waals surface area contributed by atoms with Crippen LogP contribution >= 0.6 is 0 Å². The van der Waals surface area contributed by atoms with E-state index < -0.39 is 10.0 Å². The number of benzene rings is 2. The lowest BCUT2D eigenvalue weighted by atomic mass is 10.2. The Hall–Kier alpha value is -2.71. The zero-order valence-electron chi connectivity index (χ0n) is 16.3. The minimum Gasteiger partial charge on any atom is -0.490 e. The van der Waals surface area contributed by atoms with E-state index in [1.54, 1.807) is 18.3 Å². The number of nitrogens with one attached hydrogen (secondary N) is 1. The van der Waals surface area contributed by atoms with Gasteiger partial charge in [-0.3, -0.25) is 0 Å². The summed E-state index contributed by atoms with van der Waals surface area (Å²) in [5.41, 5.74) is 2.65. The SMILES string of the molecule is CN1CCOc2cc(S(=O)(=O)n3ccc4ccc(N5CCNCC5)cc43)ccc21. The number of likely N-dealkylation sites (N-methyl/N-ethyl adjacent to an activating group) is 1. The standard InChI is InChI=1S/C21H24N4O3S/c1-23-12-13-28-21-15-18(4-5-19(21)23)29(26,27)25-9-6-16-2-3-17(14-20(16)25)24-10-7-22-8-11-24/h2-6,9,14-15,22H,7-8,10-13H2,1H3. The summed E-state index contributed by atoms with van der Waals surface area (Å²) < 4.78 is 34.0. The van der Waals surface area contributed by atoms with Crippen LogP contribution in [0, 0.1) is 0 Å². The lowest BCUT2D eigenvalue weighted by Gasteiger charge is -2.29. The van der Waals surface area contributed by atoms with Crippen LogP contribution < -0.4 is 19.9 Å². The molecule has 2 aromatic carbocycles. The first-order valence-corrected chi connectivity index (χ1v) is 11.3. The minimum atomic E-state index is -3.73. The Labute approximate surface area is 170 Å². The molecule has 2 aliphatic heterocycles. The largest absolute Gasteiger partial charge is 0.490 e. The minimum absolute atomic E-state index is 0.233. The van der Waals surface area contributed by atoms with Gasteiger partial charge in [-0.25, -0.2) is 12.4 Å². The van der Waals surface area contributed by atoms with Crippen molar-refractivity contribution in [2.45, 2.75) is 4.90 Å². The van der Waals surface area contributed by atoms with Crippen molar-refractivity contribution in [3.63, 3.8) is 0 Å². The maximum Gasteiger partial charge on any atom is 0.268 e. The molecule has 7 nitrogen and oxygen atoms in total. The summed E-state index contributed by atoms with van der Waals surface area (Å²) in [6.07, 6.45) is 1.63. The van der Waals surface area contributed by atoms with E-state index in [0.717, 1.165) is 49.5 Å². The Balaban J connectivity index is 1.57. The van der Waals surface area contributed by atoms with Crippen LogP contribution in [0.5, 0.6) is 5.75 Å². The Bertz CT molecular complexity index is 1170. The molecule has 152 valence electrons. The third-order valence-electron chi connectivity index (χ3n) is 5.71. The molecule has 0 atom stereocenters. The highest BCUT2D eigenvalue weighted by Crippen LogP contribution is 2.34. The van der Waals surface area contributed by atoms with Crippen LogP contribution in [0.3, 0.4) is 0 Å². The molecule has 0 aliphatic carbocycles. The van der Waals surface area contributed by atoms with Crippen molar-refractivity contribution in [1.29, 1.82) is 0 Å². The molecule has 1 aromatic heterocycles. The fourth-order valence-corrected chi connectivity index (χ4v) is 5.40. The van der Waals surface area contributed by atoms with E-state index in [-0.39, 0.29) is 4.90 Å². The second kappa shape index (κ2) is 6.96. The number of rotatable bonds is 3. The third kappa shape index (κ3) is 3.12. The molecule has 2 aliphatic rings. The number of anilines is 2. The quantitative estimate of drug-likeness (QED) is 0.711. The van der Waals surface area contributed by atoms with E-state index >= 15 is 0 Å². The Morgan fingerprint density at radius 2 is 1.83 bits per heavy atom. The van der Waals surface area contributed by atoms with Gasteiger partial charge in [0.15, 0.2) is 0 Å². The highest BCUT2D eigenvalue weighted by molar-refractivity contribution is 7.90. The molecule has 1 N–H and O–H groups in total. The molecule has 1 fully saturated rings. The van der Waals surface area contributed by atoms with Crippen molar-refractivity contribution in [2.24, 2.45) is 0 Å². The summed E-state index contributed by atoms with van der Waals surface area (Å²) in [5, 5.41) is 4.25. The van der Waals surface area contributed by atoms with Crippen LogP contribution in [0.1, 0.15) is 0 Å². The summed E-state index contributed by atoms with van der Waals surface area (Å²) in [6.45, 7) is 5.02. The molecule has 0 bridgehead atoms. The van der Waals surface area contributed by atoms with Crippen molar-refractivity contribution in [3.05, 3.63) is 48.7 Å². The molecule has 3 heterocycles. The average Bonchev–Trinajstić information content (AvgIpc) is 3.18. The molecule has 0 radical (unpaired) electrons. The van der Waals surface area contributed by atoms with Crippen molar-refractivity contribution < 1.29 is 13.2 Å². The lowest BCUT2D eigenvalue weighted by Crippen LogP contribution is -2.43. The summed E-state index contributed by atoms with van der Waals surface area (Å²) in [6, 6.07) is 13.0. The zero-order chi connectivity index (χ0) is 20.0. The summed E-state index contributed by atoms with van der Waals surface area (Å²) in [4.78, 5) is 4.58. The molecule has 0 unspecified atom stereocenters. The van der Waals surface area contributed by atoms with Gasteiger partial charge in [0.2, 0.25) is 0 Å². The number of hydrogen-bond donors (Lipinski definition) is 1. The van der Waals surface area contributed by atoms with E-state index in [0.29, 0.717) is 17.9 Å². The van der Waals surface area contributed by atoms with Crippen LogP contribution in [0.4, 0.5) is 11.4 Å². The lowest BCUT2D eigenvalue weighted by molar-refractivity contribution is 0.310. The van der Waals surface area contributed by atoms with Gasteiger partial charge in [-0.1, -0.05) is 6.07 Å². The predicted octanol–water partition coefficient (Wildman–Crippen LogP) is 2.12. The fourth-order valence-electron chi connectivity index (χ4n) is 4.03. The highest BCUT2D eigenvalue weighted by atomic mass is 32.2. The summed E-state index contributed by atoms with van der Waals surface area (Å²) in [5.74, 6) is 0.609. The van der Waals surface area contributed by atoms with Gasteiger partial charge >= 0.3 is 0 Å². The maximum atomic E-state index is 13.4. The Kier molecular flexibility index (Phi) is 4.40.